The van der Waals surface area contributed by atoms with Gasteiger partial charge in [-0.1, -0.05) is 20.8 Å². The predicted molar refractivity (Wildman–Crippen MR) is 86.3 cm³/mol. The Labute approximate surface area is 147 Å². The monoisotopic (exact) mass is 360 g/mol. The van der Waals surface area contributed by atoms with Gasteiger partial charge in [0.2, 0.25) is 0 Å². The Bertz CT molecular complexity index is 450. The van der Waals surface area contributed by atoms with Gasteiger partial charge < -0.3 is 24.1 Å². The normalized spacial score (nSPS) is 25.9. The fraction of sp³-hybridized carbons (Fsp3) is 0.824. The highest BCUT2D eigenvalue weighted by Crippen LogP contribution is 2.24. The molecule has 0 aromatic carbocycles. The van der Waals surface area contributed by atoms with Crippen LogP contribution in [0.25, 0.3) is 0 Å². The summed E-state index contributed by atoms with van der Waals surface area (Å²) in [5.74, 6) is -1.54. The first kappa shape index (κ1) is 21.4. The van der Waals surface area contributed by atoms with Crippen LogP contribution in [0.1, 0.15) is 59.3 Å². The summed E-state index contributed by atoms with van der Waals surface area (Å²) in [6.07, 6.45) is -2.48. The van der Waals surface area contributed by atoms with Crippen LogP contribution in [0.3, 0.4) is 0 Å². The Balaban J connectivity index is 2.91. The molecule has 0 bridgehead atoms. The van der Waals surface area contributed by atoms with Gasteiger partial charge in [0.25, 0.3) is 0 Å². The van der Waals surface area contributed by atoms with Crippen LogP contribution in [0, 0.1) is 0 Å². The fourth-order valence-corrected chi connectivity index (χ4v) is 2.39. The first-order valence-corrected chi connectivity index (χ1v) is 8.80. The smallest absolute Gasteiger partial charge is 0.306 e. The van der Waals surface area contributed by atoms with Gasteiger partial charge in [-0.2, -0.15) is 0 Å². The Morgan fingerprint density at radius 2 is 1.28 bits per heavy atom. The molecule has 0 amide bonds. The maximum atomic E-state index is 11.9. The number of hydrogen-bond donors (Lipinski definition) is 1. The van der Waals surface area contributed by atoms with E-state index in [1.54, 1.807) is 0 Å². The van der Waals surface area contributed by atoms with Crippen molar-refractivity contribution in [3.63, 3.8) is 0 Å². The molecule has 0 unspecified atom stereocenters. The van der Waals surface area contributed by atoms with E-state index in [1.165, 1.54) is 0 Å². The van der Waals surface area contributed by atoms with Crippen LogP contribution in [0.2, 0.25) is 0 Å². The Morgan fingerprint density at radius 1 is 0.840 bits per heavy atom. The number of ether oxygens (including phenoxy) is 4. The van der Waals surface area contributed by atoms with Gasteiger partial charge in [-0.15, -0.1) is 0 Å². The molecule has 0 aromatic rings. The number of carbonyl (C=O) groups excluding carboxylic acids is 3. The molecule has 144 valence electrons. The first-order valence-electron chi connectivity index (χ1n) is 8.80. The zero-order valence-electron chi connectivity index (χ0n) is 15.1. The number of aliphatic hydroxyl groups excluding tert-OH is 1. The van der Waals surface area contributed by atoms with Gasteiger partial charge in [0, 0.05) is 19.3 Å². The minimum Gasteiger partial charge on any atom is -0.456 e. The predicted octanol–water partition coefficient (Wildman–Crippen LogP) is 1.47. The van der Waals surface area contributed by atoms with Gasteiger partial charge in [-0.25, -0.2) is 0 Å². The third-order valence-corrected chi connectivity index (χ3v) is 3.58. The topological polar surface area (TPSA) is 108 Å². The van der Waals surface area contributed by atoms with Crippen molar-refractivity contribution < 1.29 is 38.4 Å². The molecule has 0 saturated carbocycles. The quantitative estimate of drug-likeness (QED) is 0.486. The molecule has 1 saturated heterocycles. The van der Waals surface area contributed by atoms with E-state index in [0.717, 1.165) is 0 Å². The van der Waals surface area contributed by atoms with Crippen LogP contribution >= 0.6 is 0 Å². The molecule has 0 spiro atoms. The lowest BCUT2D eigenvalue weighted by atomic mass is 10.0. The van der Waals surface area contributed by atoms with E-state index in [1.807, 2.05) is 20.8 Å². The molecule has 8 nitrogen and oxygen atoms in total. The number of esters is 3. The minimum atomic E-state index is -1.46. The van der Waals surface area contributed by atoms with Crippen molar-refractivity contribution in [1.82, 2.24) is 0 Å². The minimum absolute atomic E-state index is 0.150. The summed E-state index contributed by atoms with van der Waals surface area (Å²) < 4.78 is 21.0. The average Bonchev–Trinajstić information content (AvgIpc) is 2.54. The van der Waals surface area contributed by atoms with Crippen molar-refractivity contribution in [1.29, 1.82) is 0 Å². The summed E-state index contributed by atoms with van der Waals surface area (Å²) in [7, 11) is 0. The molecular formula is C17H28O8. The van der Waals surface area contributed by atoms with Gasteiger partial charge in [-0.05, 0) is 19.3 Å². The van der Waals surface area contributed by atoms with E-state index < -0.39 is 42.5 Å². The maximum absolute atomic E-state index is 11.9. The summed E-state index contributed by atoms with van der Waals surface area (Å²) in [6.45, 7) is 5.31. The molecule has 1 heterocycles. The van der Waals surface area contributed by atoms with E-state index in [4.69, 9.17) is 18.9 Å². The molecule has 1 N–H and O–H groups in total. The third-order valence-electron chi connectivity index (χ3n) is 3.58. The molecule has 8 heteroatoms. The fourth-order valence-electron chi connectivity index (χ4n) is 2.39. The summed E-state index contributed by atoms with van der Waals surface area (Å²) in [4.78, 5) is 35.5. The number of hydrogen-bond acceptors (Lipinski definition) is 8. The lowest BCUT2D eigenvalue weighted by molar-refractivity contribution is -0.268. The molecule has 1 aliphatic rings. The molecule has 4 atom stereocenters. The Morgan fingerprint density at radius 3 is 1.76 bits per heavy atom. The van der Waals surface area contributed by atoms with Crippen molar-refractivity contribution in [3.05, 3.63) is 0 Å². The zero-order chi connectivity index (χ0) is 18.8. The van der Waals surface area contributed by atoms with Crippen molar-refractivity contribution in [2.24, 2.45) is 0 Å². The highest BCUT2D eigenvalue weighted by Gasteiger charge is 2.46. The molecule has 0 aromatic heterocycles. The second-order valence-corrected chi connectivity index (χ2v) is 5.91. The van der Waals surface area contributed by atoms with E-state index >= 15 is 0 Å². The highest BCUT2D eigenvalue weighted by atomic mass is 16.7. The van der Waals surface area contributed by atoms with Crippen molar-refractivity contribution in [3.8, 4) is 0 Å². The second kappa shape index (κ2) is 11.0. The van der Waals surface area contributed by atoms with Crippen molar-refractivity contribution in [2.45, 2.75) is 83.9 Å². The highest BCUT2D eigenvalue weighted by molar-refractivity contribution is 5.71. The van der Waals surface area contributed by atoms with Crippen LogP contribution in [0.15, 0.2) is 0 Å². The Hall–Kier alpha value is -1.67. The lowest BCUT2D eigenvalue weighted by Gasteiger charge is -2.38. The average molecular weight is 360 g/mol. The lowest BCUT2D eigenvalue weighted by Crippen LogP contribution is -2.57. The number of carbonyl (C=O) groups is 3. The van der Waals surface area contributed by atoms with Gasteiger partial charge in [-0.3, -0.25) is 14.4 Å². The van der Waals surface area contributed by atoms with Gasteiger partial charge in [0.1, 0.15) is 0 Å². The molecule has 25 heavy (non-hydrogen) atoms. The number of rotatable bonds is 9. The van der Waals surface area contributed by atoms with Crippen molar-refractivity contribution >= 4 is 17.9 Å². The van der Waals surface area contributed by atoms with Crippen LogP contribution < -0.4 is 0 Å². The van der Waals surface area contributed by atoms with E-state index in [-0.39, 0.29) is 25.9 Å². The number of aliphatic hydroxyl groups is 1. The SMILES string of the molecule is CCCC(=O)O[C@@H]1[C@@H](OC(=O)CCC)[C@@H](O)OC[C@@H]1OC(=O)CCC. The summed E-state index contributed by atoms with van der Waals surface area (Å²) in [5.41, 5.74) is 0. The van der Waals surface area contributed by atoms with Crippen LogP contribution in [0.5, 0.6) is 0 Å². The molecule has 0 aliphatic carbocycles. The molecule has 0 radical (unpaired) electrons. The zero-order valence-corrected chi connectivity index (χ0v) is 15.1. The van der Waals surface area contributed by atoms with E-state index in [2.05, 4.69) is 0 Å². The van der Waals surface area contributed by atoms with E-state index in [0.29, 0.717) is 19.3 Å². The van der Waals surface area contributed by atoms with Gasteiger partial charge in [0.15, 0.2) is 24.6 Å². The molecule has 1 fully saturated rings. The van der Waals surface area contributed by atoms with Crippen LogP contribution in [-0.4, -0.2) is 54.2 Å². The summed E-state index contributed by atoms with van der Waals surface area (Å²) >= 11 is 0. The van der Waals surface area contributed by atoms with E-state index in [9.17, 15) is 19.5 Å². The molecule has 1 aliphatic heterocycles. The van der Waals surface area contributed by atoms with Gasteiger partial charge in [0.05, 0.1) is 6.61 Å². The summed E-state index contributed by atoms with van der Waals surface area (Å²) in [6, 6.07) is 0. The molecule has 1 rings (SSSR count). The van der Waals surface area contributed by atoms with Crippen LogP contribution in [0.4, 0.5) is 0 Å². The van der Waals surface area contributed by atoms with Crippen molar-refractivity contribution in [2.75, 3.05) is 6.61 Å². The second-order valence-electron chi connectivity index (χ2n) is 5.91. The summed E-state index contributed by atoms with van der Waals surface area (Å²) in [5, 5.41) is 10.0. The third kappa shape index (κ3) is 6.99. The standard InChI is InChI=1S/C17H28O8/c1-4-7-12(18)23-11-10-22-17(21)16(25-14(20)9-6-3)15(11)24-13(19)8-5-2/h11,15-17,21H,4-10H2,1-3H3/t11-,15-,16+,17-/m0/s1. The van der Waals surface area contributed by atoms with Crippen LogP contribution in [-0.2, 0) is 33.3 Å². The van der Waals surface area contributed by atoms with Gasteiger partial charge >= 0.3 is 17.9 Å². The maximum Gasteiger partial charge on any atom is 0.306 e. The Kier molecular flexibility index (Phi) is 9.44. The largest absolute Gasteiger partial charge is 0.456 e. The molecular weight excluding hydrogens is 332 g/mol. The first-order chi connectivity index (χ1) is 11.9.